The summed E-state index contributed by atoms with van der Waals surface area (Å²) in [5, 5.41) is 1.73. The van der Waals surface area contributed by atoms with Gasteiger partial charge < -0.3 is 0 Å². The van der Waals surface area contributed by atoms with Crippen molar-refractivity contribution in [3.05, 3.63) is 30.2 Å². The quantitative estimate of drug-likeness (QED) is 0.254. The average molecular weight is 318 g/mol. The van der Waals surface area contributed by atoms with Crippen LogP contribution in [0.5, 0.6) is 0 Å². The zero-order chi connectivity index (χ0) is 14.1. The minimum atomic E-state index is -3.53. The third kappa shape index (κ3) is 4.90. The first-order chi connectivity index (χ1) is 9.12. The normalized spacial score (nSPS) is 10.6. The molecule has 0 unspecified atom stereocenters. The molecule has 0 radical (unpaired) electrons. The fourth-order valence-corrected chi connectivity index (χ4v) is 3.81. The van der Waals surface area contributed by atoms with Gasteiger partial charge in [0, 0.05) is 18.3 Å². The Kier molecular flexibility index (Phi) is 7.00. The van der Waals surface area contributed by atoms with Crippen LogP contribution in [0, 0.1) is 12.0 Å². The molecule has 0 fully saturated rings. The zero-order valence-corrected chi connectivity index (χ0v) is 12.9. The highest BCUT2D eigenvalue weighted by molar-refractivity contribution is 7.91. The van der Waals surface area contributed by atoms with E-state index in [0.29, 0.717) is 16.5 Å². The molecule has 1 rings (SSSR count). The van der Waals surface area contributed by atoms with Gasteiger partial charge in [-0.1, -0.05) is 18.1 Å². The van der Waals surface area contributed by atoms with E-state index in [1.807, 2.05) is 0 Å². The van der Waals surface area contributed by atoms with E-state index in [1.54, 1.807) is 17.5 Å². The largest absolute Gasteiger partial charge is 0.280 e. The van der Waals surface area contributed by atoms with Crippen LogP contribution in [-0.4, -0.2) is 25.1 Å². The van der Waals surface area contributed by atoms with Crippen molar-refractivity contribution in [2.45, 2.75) is 23.5 Å². The van der Waals surface area contributed by atoms with Crippen molar-refractivity contribution in [1.82, 2.24) is 4.31 Å². The zero-order valence-electron chi connectivity index (χ0n) is 10.5. The van der Waals surface area contributed by atoms with Gasteiger partial charge in [0.25, 0.3) is 10.0 Å². The number of hydrogen-bond acceptors (Lipinski definition) is 3. The van der Waals surface area contributed by atoms with Gasteiger partial charge in [0.05, 0.1) is 6.54 Å². The molecule has 1 heterocycles. The van der Waals surface area contributed by atoms with Crippen molar-refractivity contribution in [1.29, 1.82) is 0 Å². The minimum absolute atomic E-state index is 0.183. The van der Waals surface area contributed by atoms with Crippen molar-refractivity contribution in [3.8, 4) is 12.0 Å². The molecule has 3 nitrogen and oxygen atoms in total. The highest BCUT2D eigenvalue weighted by Crippen LogP contribution is 2.20. The van der Waals surface area contributed by atoms with Crippen molar-refractivity contribution in [3.63, 3.8) is 0 Å². The number of hydrogen-bond donors (Lipinski definition) is 0. The van der Waals surface area contributed by atoms with E-state index < -0.39 is 10.0 Å². The van der Waals surface area contributed by atoms with Crippen molar-refractivity contribution in [2.75, 3.05) is 12.4 Å². The summed E-state index contributed by atoms with van der Waals surface area (Å²) in [5.41, 5.74) is 0. The summed E-state index contributed by atoms with van der Waals surface area (Å²) in [4.78, 5) is 0. The Morgan fingerprint density at radius 2 is 2.26 bits per heavy atom. The molecule has 6 heteroatoms. The summed E-state index contributed by atoms with van der Waals surface area (Å²) in [5.74, 6) is 3.47. The highest BCUT2D eigenvalue weighted by atomic mass is 35.5. The molecule has 0 saturated carbocycles. The maximum absolute atomic E-state index is 12.3. The lowest BCUT2D eigenvalue weighted by atomic mass is 10.3. The molecule has 0 aliphatic heterocycles. The molecule has 0 spiro atoms. The molecule has 0 atom stereocenters. The Bertz CT molecular complexity index is 541. The molecular formula is C13H16ClNO2S2. The van der Waals surface area contributed by atoms with Crippen molar-refractivity contribution < 1.29 is 8.42 Å². The molecule has 0 saturated heterocycles. The Labute approximate surface area is 123 Å². The first-order valence-corrected chi connectivity index (χ1v) is 8.70. The van der Waals surface area contributed by atoms with E-state index >= 15 is 0 Å². The number of sulfonamides is 1. The van der Waals surface area contributed by atoms with Crippen molar-refractivity contribution in [2.24, 2.45) is 0 Å². The molecule has 1 aromatic heterocycles. The molecule has 104 valence electrons. The molecule has 19 heavy (non-hydrogen) atoms. The molecule has 0 amide bonds. The van der Waals surface area contributed by atoms with Crippen LogP contribution in [0.2, 0.25) is 0 Å². The van der Waals surface area contributed by atoms with Crippen LogP contribution in [0.3, 0.4) is 0 Å². The monoisotopic (exact) mass is 317 g/mol. The molecule has 0 bridgehead atoms. The number of nitrogens with zero attached hydrogens (tertiary/aromatic N) is 1. The third-order valence-corrected chi connectivity index (χ3v) is 5.54. The Morgan fingerprint density at radius 1 is 1.47 bits per heavy atom. The van der Waals surface area contributed by atoms with Crippen LogP contribution < -0.4 is 0 Å². The lowest BCUT2D eigenvalue weighted by molar-refractivity contribution is 0.534. The minimum Gasteiger partial charge on any atom is -0.220 e. The first kappa shape index (κ1) is 16.1. The van der Waals surface area contributed by atoms with Gasteiger partial charge in [-0.25, -0.2) is 4.31 Å². The van der Waals surface area contributed by atoms with Gasteiger partial charge in [0.1, 0.15) is 4.21 Å². The Morgan fingerprint density at radius 3 is 2.84 bits per heavy atom. The number of thiophene rings is 1. The number of halogens is 1. The average Bonchev–Trinajstić information content (AvgIpc) is 2.91. The topological polar surface area (TPSA) is 37.4 Å². The van der Waals surface area contributed by atoms with Crippen LogP contribution in [-0.2, 0) is 10.0 Å². The lowest BCUT2D eigenvalue weighted by Gasteiger charge is -2.14. The second-order valence-electron chi connectivity index (χ2n) is 3.69. The van der Waals surface area contributed by atoms with Gasteiger partial charge in [-0.3, -0.25) is 0 Å². The standard InChI is InChI=1S/C13H16ClNO2S2/c1-2-10-15(11-6-4-3-5-9-14)19(16,17)13-8-7-12-18-13/h2,7-8,12H,1,3-5,9-10H2. The van der Waals surface area contributed by atoms with E-state index in [-0.39, 0.29) is 6.54 Å². The predicted octanol–water partition coefficient (Wildman–Crippen LogP) is 3.29. The van der Waals surface area contributed by atoms with Crippen LogP contribution in [0.15, 0.2) is 34.4 Å². The van der Waals surface area contributed by atoms with Crippen LogP contribution in [0.25, 0.3) is 0 Å². The molecule has 1 aromatic rings. The third-order valence-electron chi connectivity index (χ3n) is 2.22. The SMILES string of the molecule is C=CCN(C#CCCCCCl)S(=O)(=O)c1cccs1. The molecular weight excluding hydrogens is 302 g/mol. The molecule has 0 N–H and O–H groups in total. The number of alkyl halides is 1. The maximum atomic E-state index is 12.3. The molecule has 0 aliphatic carbocycles. The summed E-state index contributed by atoms with van der Waals surface area (Å²) in [6.45, 7) is 3.75. The van der Waals surface area contributed by atoms with E-state index in [1.165, 1.54) is 17.4 Å². The second-order valence-corrected chi connectivity index (χ2v) is 7.11. The van der Waals surface area contributed by atoms with E-state index in [4.69, 9.17) is 11.6 Å². The summed E-state index contributed by atoms with van der Waals surface area (Å²) in [7, 11) is -3.53. The van der Waals surface area contributed by atoms with Gasteiger partial charge in [0.15, 0.2) is 0 Å². The fourth-order valence-electron chi connectivity index (χ4n) is 1.29. The predicted molar refractivity (Wildman–Crippen MR) is 80.8 cm³/mol. The van der Waals surface area contributed by atoms with Crippen molar-refractivity contribution >= 4 is 33.0 Å². The summed E-state index contributed by atoms with van der Waals surface area (Å²) < 4.78 is 26.0. The lowest BCUT2D eigenvalue weighted by Crippen LogP contribution is -2.26. The molecule has 0 aliphatic rings. The van der Waals surface area contributed by atoms with Crippen LogP contribution in [0.1, 0.15) is 19.3 Å². The Hall–Kier alpha value is -0.960. The summed E-state index contributed by atoms with van der Waals surface area (Å²) >= 11 is 6.75. The van der Waals surface area contributed by atoms with E-state index in [2.05, 4.69) is 18.5 Å². The van der Waals surface area contributed by atoms with Gasteiger partial charge in [0.2, 0.25) is 0 Å². The number of unbranched alkanes of at least 4 members (excludes halogenated alkanes) is 2. The van der Waals surface area contributed by atoms with Crippen LogP contribution in [0.4, 0.5) is 0 Å². The van der Waals surface area contributed by atoms with E-state index in [0.717, 1.165) is 17.1 Å². The van der Waals surface area contributed by atoms with Gasteiger partial charge in [-0.05, 0) is 24.3 Å². The van der Waals surface area contributed by atoms with Gasteiger partial charge >= 0.3 is 0 Å². The fraction of sp³-hybridized carbons (Fsp3) is 0.385. The molecule has 0 aromatic carbocycles. The Balaban J connectivity index is 2.80. The van der Waals surface area contributed by atoms with Crippen LogP contribution >= 0.6 is 22.9 Å². The summed E-state index contributed by atoms with van der Waals surface area (Å²) in [6, 6.07) is 5.98. The highest BCUT2D eigenvalue weighted by Gasteiger charge is 2.21. The number of rotatable bonds is 7. The van der Waals surface area contributed by atoms with E-state index in [9.17, 15) is 8.42 Å². The smallest absolute Gasteiger partial charge is 0.220 e. The maximum Gasteiger partial charge on any atom is 0.280 e. The summed E-state index contributed by atoms with van der Waals surface area (Å²) in [6.07, 6.45) is 3.92. The van der Waals surface area contributed by atoms with Gasteiger partial charge in [-0.15, -0.1) is 29.5 Å². The van der Waals surface area contributed by atoms with Gasteiger partial charge in [-0.2, -0.15) is 8.42 Å². The second kappa shape index (κ2) is 8.26. The first-order valence-electron chi connectivity index (χ1n) is 5.84.